The number of guanidine groups is 1. The molecule has 1 heterocycles. The van der Waals surface area contributed by atoms with Gasteiger partial charge in [0.25, 0.3) is 0 Å². The molecule has 2 aromatic carbocycles. The average molecular weight is 554 g/mol. The van der Waals surface area contributed by atoms with Crippen molar-refractivity contribution in [3.63, 3.8) is 0 Å². The van der Waals surface area contributed by atoms with Gasteiger partial charge >= 0.3 is 0 Å². The molecule has 1 unspecified atom stereocenters. The summed E-state index contributed by atoms with van der Waals surface area (Å²) in [6, 6.07) is 18.7. The van der Waals surface area contributed by atoms with Gasteiger partial charge in [0.1, 0.15) is 5.75 Å². The summed E-state index contributed by atoms with van der Waals surface area (Å²) < 4.78 is 16.6. The molecule has 0 spiro atoms. The van der Waals surface area contributed by atoms with Crippen LogP contribution in [0.5, 0.6) is 5.75 Å². The van der Waals surface area contributed by atoms with Crippen LogP contribution in [0.25, 0.3) is 0 Å². The number of hydrogen-bond acceptors (Lipinski definition) is 5. The molecule has 1 atom stereocenters. The second kappa shape index (κ2) is 15.0. The molecule has 0 saturated carbocycles. The molecule has 8 heteroatoms. The maximum atomic E-state index is 5.75. The lowest BCUT2D eigenvalue weighted by Crippen LogP contribution is -2.46. The number of ether oxygens (including phenoxy) is 3. The van der Waals surface area contributed by atoms with Crippen LogP contribution in [-0.2, 0) is 16.1 Å². The molecule has 2 aromatic rings. The molecular weight excluding hydrogens is 519 g/mol. The van der Waals surface area contributed by atoms with Gasteiger partial charge < -0.3 is 24.8 Å². The van der Waals surface area contributed by atoms with Gasteiger partial charge in [0.2, 0.25) is 0 Å². The lowest BCUT2D eigenvalue weighted by atomic mass is 10.0. The number of morpholine rings is 1. The molecule has 2 N–H and O–H groups in total. The van der Waals surface area contributed by atoms with Crippen LogP contribution in [0, 0.1) is 0 Å². The van der Waals surface area contributed by atoms with E-state index in [1.54, 1.807) is 14.2 Å². The molecule has 3 rings (SSSR count). The first kappa shape index (κ1) is 26.4. The van der Waals surface area contributed by atoms with Crippen molar-refractivity contribution < 1.29 is 14.2 Å². The molecule has 0 amide bonds. The molecule has 32 heavy (non-hydrogen) atoms. The van der Waals surface area contributed by atoms with Gasteiger partial charge in [0, 0.05) is 33.2 Å². The second-order valence-electron chi connectivity index (χ2n) is 7.36. The Hall–Kier alpha value is -1.88. The van der Waals surface area contributed by atoms with Crippen molar-refractivity contribution in [2.75, 3.05) is 60.2 Å². The number of methoxy groups -OCH3 is 1. The number of halogens is 1. The van der Waals surface area contributed by atoms with Crippen molar-refractivity contribution in [3.8, 4) is 5.75 Å². The highest BCUT2D eigenvalue weighted by atomic mass is 127. The lowest BCUT2D eigenvalue weighted by Gasteiger charge is -2.35. The Morgan fingerprint density at radius 3 is 2.44 bits per heavy atom. The SMILES string of the molecule is CN=C(NCCOCc1ccccc1)NCC(c1ccc(OC)cc1)N1CCOCC1.I. The maximum Gasteiger partial charge on any atom is 0.191 e. The monoisotopic (exact) mass is 554 g/mol. The Kier molecular flexibility index (Phi) is 12.4. The highest BCUT2D eigenvalue weighted by Gasteiger charge is 2.23. The van der Waals surface area contributed by atoms with Gasteiger partial charge in [-0.25, -0.2) is 0 Å². The van der Waals surface area contributed by atoms with E-state index < -0.39 is 0 Å². The Morgan fingerprint density at radius 1 is 1.06 bits per heavy atom. The Balaban J connectivity index is 0.00000363. The zero-order chi connectivity index (χ0) is 21.7. The second-order valence-corrected chi connectivity index (χ2v) is 7.36. The molecule has 1 aliphatic rings. The lowest BCUT2D eigenvalue weighted by molar-refractivity contribution is 0.0170. The first-order valence-electron chi connectivity index (χ1n) is 10.8. The van der Waals surface area contributed by atoms with Crippen LogP contribution < -0.4 is 15.4 Å². The Bertz CT molecular complexity index is 784. The number of benzene rings is 2. The van der Waals surface area contributed by atoms with Crippen LogP contribution >= 0.6 is 24.0 Å². The van der Waals surface area contributed by atoms with Gasteiger partial charge in [-0.15, -0.1) is 24.0 Å². The van der Waals surface area contributed by atoms with Crippen LogP contribution in [0.4, 0.5) is 0 Å². The average Bonchev–Trinajstić information content (AvgIpc) is 2.84. The fraction of sp³-hybridized carbons (Fsp3) is 0.458. The van der Waals surface area contributed by atoms with Crippen molar-refractivity contribution in [1.29, 1.82) is 0 Å². The smallest absolute Gasteiger partial charge is 0.191 e. The topological polar surface area (TPSA) is 67.4 Å². The van der Waals surface area contributed by atoms with Crippen LogP contribution in [0.2, 0.25) is 0 Å². The van der Waals surface area contributed by atoms with E-state index in [2.05, 4.69) is 44.8 Å². The fourth-order valence-electron chi connectivity index (χ4n) is 3.59. The van der Waals surface area contributed by atoms with Crippen molar-refractivity contribution in [2.45, 2.75) is 12.6 Å². The first-order valence-corrected chi connectivity index (χ1v) is 10.8. The van der Waals surface area contributed by atoms with E-state index in [0.717, 1.165) is 44.6 Å². The number of rotatable bonds is 10. The van der Waals surface area contributed by atoms with Gasteiger partial charge in [0.05, 0.1) is 39.6 Å². The first-order chi connectivity index (χ1) is 15.3. The van der Waals surface area contributed by atoms with Crippen LogP contribution in [0.1, 0.15) is 17.2 Å². The van der Waals surface area contributed by atoms with Crippen molar-refractivity contribution in [3.05, 3.63) is 65.7 Å². The van der Waals surface area contributed by atoms with Gasteiger partial charge in [-0.3, -0.25) is 9.89 Å². The molecule has 176 valence electrons. The van der Waals surface area contributed by atoms with Crippen LogP contribution in [-0.4, -0.2) is 71.0 Å². The molecule has 0 bridgehead atoms. The fourth-order valence-corrected chi connectivity index (χ4v) is 3.59. The minimum Gasteiger partial charge on any atom is -0.497 e. The molecule has 1 fully saturated rings. The predicted molar refractivity (Wildman–Crippen MR) is 139 cm³/mol. The summed E-state index contributed by atoms with van der Waals surface area (Å²) in [6.45, 7) is 6.02. The summed E-state index contributed by atoms with van der Waals surface area (Å²) in [5.74, 6) is 1.64. The maximum absolute atomic E-state index is 5.75. The molecule has 1 aliphatic heterocycles. The van der Waals surface area contributed by atoms with E-state index in [4.69, 9.17) is 14.2 Å². The minimum atomic E-state index is 0. The van der Waals surface area contributed by atoms with Gasteiger partial charge in [0.15, 0.2) is 5.96 Å². The van der Waals surface area contributed by atoms with E-state index in [-0.39, 0.29) is 30.0 Å². The summed E-state index contributed by atoms with van der Waals surface area (Å²) in [6.07, 6.45) is 0. The van der Waals surface area contributed by atoms with Gasteiger partial charge in [-0.2, -0.15) is 0 Å². The van der Waals surface area contributed by atoms with Crippen molar-refractivity contribution in [2.24, 2.45) is 4.99 Å². The Morgan fingerprint density at radius 2 is 1.78 bits per heavy atom. The molecule has 7 nitrogen and oxygen atoms in total. The van der Waals surface area contributed by atoms with E-state index in [0.29, 0.717) is 19.8 Å². The third kappa shape index (κ3) is 8.57. The molecule has 0 aliphatic carbocycles. The van der Waals surface area contributed by atoms with Crippen molar-refractivity contribution >= 4 is 29.9 Å². The van der Waals surface area contributed by atoms with Crippen molar-refractivity contribution in [1.82, 2.24) is 15.5 Å². The van der Waals surface area contributed by atoms with E-state index in [1.165, 1.54) is 11.1 Å². The Labute approximate surface area is 208 Å². The van der Waals surface area contributed by atoms with Gasteiger partial charge in [-0.1, -0.05) is 42.5 Å². The summed E-state index contributed by atoms with van der Waals surface area (Å²) in [5, 5.41) is 6.81. The summed E-state index contributed by atoms with van der Waals surface area (Å²) in [4.78, 5) is 6.81. The number of hydrogen-bond donors (Lipinski definition) is 2. The van der Waals surface area contributed by atoms with E-state index in [9.17, 15) is 0 Å². The standard InChI is InChI=1S/C24H34N4O3.HI/c1-25-24(26-12-15-31-19-20-6-4-3-5-7-20)27-18-23(28-13-16-30-17-14-28)21-8-10-22(29-2)11-9-21;/h3-11,23H,12-19H2,1-2H3,(H2,25,26,27);1H. The molecule has 0 aromatic heterocycles. The number of nitrogens with zero attached hydrogens (tertiary/aromatic N) is 2. The van der Waals surface area contributed by atoms with Crippen LogP contribution in [0.3, 0.4) is 0 Å². The zero-order valence-corrected chi connectivity index (χ0v) is 21.3. The summed E-state index contributed by atoms with van der Waals surface area (Å²) >= 11 is 0. The van der Waals surface area contributed by atoms with E-state index in [1.807, 2.05) is 30.3 Å². The van der Waals surface area contributed by atoms with Gasteiger partial charge in [-0.05, 0) is 23.3 Å². The molecule has 0 radical (unpaired) electrons. The summed E-state index contributed by atoms with van der Waals surface area (Å²) in [5.41, 5.74) is 2.43. The molecule has 1 saturated heterocycles. The predicted octanol–water partition coefficient (Wildman–Crippen LogP) is 3.07. The quantitative estimate of drug-likeness (QED) is 0.204. The normalized spacial score (nSPS) is 15.5. The molecular formula is C24H35IN4O3. The highest BCUT2D eigenvalue weighted by molar-refractivity contribution is 14.0. The minimum absolute atomic E-state index is 0. The third-order valence-corrected chi connectivity index (χ3v) is 5.32. The summed E-state index contributed by atoms with van der Waals surface area (Å²) in [7, 11) is 3.48. The largest absolute Gasteiger partial charge is 0.497 e. The number of nitrogens with one attached hydrogen (secondary N) is 2. The highest BCUT2D eigenvalue weighted by Crippen LogP contribution is 2.23. The van der Waals surface area contributed by atoms with Crippen LogP contribution in [0.15, 0.2) is 59.6 Å². The third-order valence-electron chi connectivity index (χ3n) is 5.32. The number of aliphatic imine (C=N–C) groups is 1. The van der Waals surface area contributed by atoms with E-state index >= 15 is 0 Å². The zero-order valence-electron chi connectivity index (χ0n) is 19.0.